The molecule has 0 unspecified atom stereocenters. The third kappa shape index (κ3) is 5.19. The first kappa shape index (κ1) is 16.7. The summed E-state index contributed by atoms with van der Waals surface area (Å²) in [5, 5.41) is 0. The van der Waals surface area contributed by atoms with Crippen LogP contribution in [0, 0.1) is 0 Å². The second-order valence-electron chi connectivity index (χ2n) is 5.57. The van der Waals surface area contributed by atoms with Crippen LogP contribution >= 0.6 is 0 Å². The van der Waals surface area contributed by atoms with E-state index in [1.807, 2.05) is 60.7 Å². The van der Waals surface area contributed by atoms with Gasteiger partial charge in [0.1, 0.15) is 5.75 Å². The number of carbonyl (C=O) groups is 1. The molecule has 0 aliphatic rings. The van der Waals surface area contributed by atoms with E-state index in [0.717, 1.165) is 5.56 Å². The monoisotopic (exact) mass is 332 g/mol. The minimum absolute atomic E-state index is 0.0239. The number of hydrazine groups is 1. The highest BCUT2D eigenvalue weighted by atomic mass is 16.5. The Morgan fingerprint density at radius 3 is 2.04 bits per heavy atom. The van der Waals surface area contributed by atoms with Gasteiger partial charge in [-0.1, -0.05) is 72.8 Å². The van der Waals surface area contributed by atoms with Crippen LogP contribution in [-0.4, -0.2) is 12.5 Å². The number of hydrogen-bond acceptors (Lipinski definition) is 3. The van der Waals surface area contributed by atoms with Crippen LogP contribution in [0.5, 0.6) is 5.75 Å². The molecule has 3 aromatic rings. The Labute approximate surface area is 147 Å². The lowest BCUT2D eigenvalue weighted by Gasteiger charge is -2.09. The van der Waals surface area contributed by atoms with Crippen molar-refractivity contribution >= 4 is 5.91 Å². The van der Waals surface area contributed by atoms with E-state index in [0.29, 0.717) is 12.3 Å². The number of rotatable bonds is 7. The van der Waals surface area contributed by atoms with Crippen molar-refractivity contribution in [2.45, 2.75) is 6.54 Å². The van der Waals surface area contributed by atoms with E-state index in [-0.39, 0.29) is 12.5 Å². The van der Waals surface area contributed by atoms with E-state index >= 15 is 0 Å². The zero-order chi connectivity index (χ0) is 17.3. The first-order valence-electron chi connectivity index (χ1n) is 8.15. The summed E-state index contributed by atoms with van der Waals surface area (Å²) in [6.07, 6.45) is 0. The van der Waals surface area contributed by atoms with Gasteiger partial charge in [-0.15, -0.1) is 0 Å². The Balaban J connectivity index is 1.42. The van der Waals surface area contributed by atoms with Gasteiger partial charge in [0, 0.05) is 6.54 Å². The molecule has 3 rings (SSSR count). The summed E-state index contributed by atoms with van der Waals surface area (Å²) < 4.78 is 5.38. The lowest BCUT2D eigenvalue weighted by Crippen LogP contribution is -2.39. The number of ether oxygens (including phenoxy) is 1. The maximum atomic E-state index is 11.7. The molecule has 1 amide bonds. The Kier molecular flexibility index (Phi) is 5.80. The Hall–Kier alpha value is -3.11. The third-order valence-electron chi connectivity index (χ3n) is 3.69. The van der Waals surface area contributed by atoms with Gasteiger partial charge in [0.25, 0.3) is 5.91 Å². The van der Waals surface area contributed by atoms with Gasteiger partial charge in [-0.05, 0) is 28.8 Å². The largest absolute Gasteiger partial charge is 0.484 e. The average Bonchev–Trinajstić information content (AvgIpc) is 2.68. The zero-order valence-electron chi connectivity index (χ0n) is 13.8. The van der Waals surface area contributed by atoms with Crippen molar-refractivity contribution in [1.29, 1.82) is 0 Å². The molecule has 0 fully saturated rings. The average molecular weight is 332 g/mol. The summed E-state index contributed by atoms with van der Waals surface area (Å²) in [5.74, 6) is 0.457. The van der Waals surface area contributed by atoms with Gasteiger partial charge in [0.05, 0.1) is 0 Å². The molecular formula is C21H20N2O2. The molecule has 25 heavy (non-hydrogen) atoms. The molecule has 4 heteroatoms. The van der Waals surface area contributed by atoms with Gasteiger partial charge in [-0.2, -0.15) is 0 Å². The van der Waals surface area contributed by atoms with Gasteiger partial charge >= 0.3 is 0 Å². The fourth-order valence-electron chi connectivity index (χ4n) is 2.39. The van der Waals surface area contributed by atoms with E-state index < -0.39 is 0 Å². The second-order valence-corrected chi connectivity index (χ2v) is 5.57. The maximum absolute atomic E-state index is 11.7. The van der Waals surface area contributed by atoms with Crippen LogP contribution in [0.1, 0.15) is 5.56 Å². The summed E-state index contributed by atoms with van der Waals surface area (Å²) in [6, 6.07) is 27.7. The quantitative estimate of drug-likeness (QED) is 0.651. The summed E-state index contributed by atoms with van der Waals surface area (Å²) in [6.45, 7) is 0.524. The minimum atomic E-state index is -0.218. The highest BCUT2D eigenvalue weighted by Gasteiger charge is 2.02. The minimum Gasteiger partial charge on any atom is -0.484 e. The van der Waals surface area contributed by atoms with Gasteiger partial charge in [0.15, 0.2) is 6.61 Å². The molecule has 0 aromatic heterocycles. The number of para-hydroxylation sites is 1. The molecule has 3 aromatic carbocycles. The molecule has 0 saturated heterocycles. The highest BCUT2D eigenvalue weighted by molar-refractivity contribution is 5.77. The first-order valence-corrected chi connectivity index (χ1v) is 8.15. The highest BCUT2D eigenvalue weighted by Crippen LogP contribution is 2.19. The van der Waals surface area contributed by atoms with Crippen LogP contribution in [0.2, 0.25) is 0 Å². The molecule has 0 heterocycles. The Morgan fingerprint density at radius 1 is 0.760 bits per heavy atom. The lowest BCUT2D eigenvalue weighted by molar-refractivity contribution is -0.124. The van der Waals surface area contributed by atoms with Crippen LogP contribution in [0.4, 0.5) is 0 Å². The summed E-state index contributed by atoms with van der Waals surface area (Å²) in [4.78, 5) is 11.7. The van der Waals surface area contributed by atoms with Crippen LogP contribution in [-0.2, 0) is 11.3 Å². The van der Waals surface area contributed by atoms with Gasteiger partial charge in [-0.25, -0.2) is 5.43 Å². The molecule has 0 aliphatic carbocycles. The molecule has 2 N–H and O–H groups in total. The van der Waals surface area contributed by atoms with Crippen LogP contribution < -0.4 is 15.6 Å². The molecule has 0 aliphatic heterocycles. The van der Waals surface area contributed by atoms with Gasteiger partial charge in [0.2, 0.25) is 0 Å². The zero-order valence-corrected chi connectivity index (χ0v) is 13.8. The topological polar surface area (TPSA) is 50.4 Å². The summed E-state index contributed by atoms with van der Waals surface area (Å²) >= 11 is 0. The SMILES string of the molecule is O=C(COc1ccccc1)NNCc1ccc(-c2ccccc2)cc1. The van der Waals surface area contributed by atoms with Gasteiger partial charge in [-0.3, -0.25) is 10.2 Å². The lowest BCUT2D eigenvalue weighted by atomic mass is 10.0. The molecule has 0 radical (unpaired) electrons. The van der Waals surface area contributed by atoms with E-state index in [4.69, 9.17) is 4.74 Å². The molecular weight excluding hydrogens is 312 g/mol. The summed E-state index contributed by atoms with van der Waals surface area (Å²) in [7, 11) is 0. The third-order valence-corrected chi connectivity index (χ3v) is 3.69. The number of hydrogen-bond donors (Lipinski definition) is 2. The maximum Gasteiger partial charge on any atom is 0.271 e. The molecule has 0 spiro atoms. The molecule has 126 valence electrons. The van der Waals surface area contributed by atoms with Crippen LogP contribution in [0.3, 0.4) is 0 Å². The van der Waals surface area contributed by atoms with Crippen molar-refractivity contribution in [1.82, 2.24) is 10.9 Å². The predicted molar refractivity (Wildman–Crippen MR) is 98.8 cm³/mol. The van der Waals surface area contributed by atoms with Crippen LogP contribution in [0.15, 0.2) is 84.9 Å². The fourth-order valence-corrected chi connectivity index (χ4v) is 2.39. The number of benzene rings is 3. The molecule has 0 atom stereocenters. The van der Waals surface area contributed by atoms with Gasteiger partial charge < -0.3 is 4.74 Å². The molecule has 4 nitrogen and oxygen atoms in total. The van der Waals surface area contributed by atoms with Crippen molar-refractivity contribution < 1.29 is 9.53 Å². The molecule has 0 bridgehead atoms. The van der Waals surface area contributed by atoms with Crippen molar-refractivity contribution in [3.8, 4) is 16.9 Å². The predicted octanol–water partition coefficient (Wildman–Crippen LogP) is 3.55. The van der Waals surface area contributed by atoms with Crippen LogP contribution in [0.25, 0.3) is 11.1 Å². The smallest absolute Gasteiger partial charge is 0.271 e. The summed E-state index contributed by atoms with van der Waals surface area (Å²) in [5.41, 5.74) is 9.00. The van der Waals surface area contributed by atoms with E-state index in [2.05, 4.69) is 35.1 Å². The number of nitrogens with one attached hydrogen (secondary N) is 2. The van der Waals surface area contributed by atoms with Crippen molar-refractivity contribution in [2.24, 2.45) is 0 Å². The number of carbonyl (C=O) groups excluding carboxylic acids is 1. The second kappa shape index (κ2) is 8.66. The first-order chi connectivity index (χ1) is 12.3. The van der Waals surface area contributed by atoms with Crippen molar-refractivity contribution in [2.75, 3.05) is 6.61 Å². The fraction of sp³-hybridized carbons (Fsp3) is 0.0952. The normalized spacial score (nSPS) is 10.2. The van der Waals surface area contributed by atoms with E-state index in [9.17, 15) is 4.79 Å². The Morgan fingerprint density at radius 2 is 1.36 bits per heavy atom. The van der Waals surface area contributed by atoms with Crippen molar-refractivity contribution in [3.63, 3.8) is 0 Å². The Bertz CT molecular complexity index is 787. The number of amides is 1. The van der Waals surface area contributed by atoms with E-state index in [1.54, 1.807) is 0 Å². The van der Waals surface area contributed by atoms with Crippen molar-refractivity contribution in [3.05, 3.63) is 90.5 Å². The standard InChI is InChI=1S/C21H20N2O2/c24-21(16-25-20-9-5-2-6-10-20)23-22-15-17-11-13-19(14-12-17)18-7-3-1-4-8-18/h1-14,22H,15-16H2,(H,23,24). The molecule has 0 saturated carbocycles. The van der Waals surface area contributed by atoms with E-state index in [1.165, 1.54) is 11.1 Å².